The summed E-state index contributed by atoms with van der Waals surface area (Å²) >= 11 is 0. The van der Waals surface area contributed by atoms with Crippen LogP contribution in [0.25, 0.3) is 0 Å². The van der Waals surface area contributed by atoms with E-state index in [1.165, 1.54) is 0 Å². The zero-order valence-electron chi connectivity index (χ0n) is 8.33. The lowest BCUT2D eigenvalue weighted by molar-refractivity contribution is 0.172. The molecule has 1 fully saturated rings. The molecule has 15 heavy (non-hydrogen) atoms. The number of aliphatic hydroxyl groups is 1. The monoisotopic (exact) mass is 232 g/mol. The Hall–Kier alpha value is -0.685. The van der Waals surface area contributed by atoms with Gasteiger partial charge in [0.05, 0.1) is 12.0 Å². The van der Waals surface area contributed by atoms with E-state index in [1.54, 1.807) is 7.98 Å². The Bertz CT molecular complexity index is 255. The third-order valence-corrected chi connectivity index (χ3v) is 2.53. The molecule has 0 aromatic carbocycles. The lowest BCUT2D eigenvalue weighted by Gasteiger charge is -2.15. The molecule has 1 heterocycles. The summed E-state index contributed by atoms with van der Waals surface area (Å²) in [5.74, 6) is -0.381. The number of carbonyl (C=O) groups excluding carboxylic acids is 1. The van der Waals surface area contributed by atoms with Gasteiger partial charge in [0.2, 0.25) is 0 Å². The number of nitrogens with one attached hydrogen (secondary N) is 4. The summed E-state index contributed by atoms with van der Waals surface area (Å²) in [6, 6.07) is 0. The molecule has 0 aromatic rings. The number of hydrogen-bond donors (Lipinski definition) is 5. The third kappa shape index (κ3) is 3.75. The highest BCUT2D eigenvalue weighted by molar-refractivity contribution is 7.32. The van der Waals surface area contributed by atoms with E-state index < -0.39 is 12.2 Å². The van der Waals surface area contributed by atoms with Crippen LogP contribution >= 0.6 is 8.96 Å². The highest BCUT2D eigenvalue weighted by atomic mass is 31.1. The summed E-state index contributed by atoms with van der Waals surface area (Å²) < 4.78 is 4.68. The Labute approximate surface area is 90.2 Å². The highest BCUT2D eigenvalue weighted by Gasteiger charge is 2.29. The van der Waals surface area contributed by atoms with Crippen molar-refractivity contribution in [3.05, 3.63) is 0 Å². The summed E-state index contributed by atoms with van der Waals surface area (Å²) in [4.78, 5) is 13.7. The molecule has 5 N–H and O–H groups in total. The normalized spacial score (nSPS) is 25.7. The van der Waals surface area contributed by atoms with Gasteiger partial charge < -0.3 is 19.9 Å². The van der Waals surface area contributed by atoms with Gasteiger partial charge in [-0.2, -0.15) is 0 Å². The fraction of sp³-hybridized carbons (Fsp3) is 0.667. The first-order valence-electron chi connectivity index (χ1n) is 4.52. The minimum Gasteiger partial charge on any atom is -0.416 e. The maximum atomic E-state index is 11.1. The maximum absolute atomic E-state index is 11.1. The van der Waals surface area contributed by atoms with Gasteiger partial charge in [0, 0.05) is 13.1 Å². The fourth-order valence-corrected chi connectivity index (χ4v) is 1.53. The van der Waals surface area contributed by atoms with Crippen LogP contribution in [0.2, 0.25) is 0 Å². The van der Waals surface area contributed by atoms with Crippen molar-refractivity contribution in [2.45, 2.75) is 6.10 Å². The van der Waals surface area contributed by atoms with Crippen LogP contribution < -0.4 is 15.6 Å². The number of amides is 1. The van der Waals surface area contributed by atoms with Gasteiger partial charge in [0.25, 0.3) is 0 Å². The Morgan fingerprint density at radius 2 is 2.40 bits per heavy atom. The molecule has 0 aliphatic carbocycles. The van der Waals surface area contributed by atoms with Crippen molar-refractivity contribution in [1.29, 1.82) is 5.41 Å². The minimum absolute atomic E-state index is 0.0154. The van der Waals surface area contributed by atoms with Gasteiger partial charge in [-0.1, -0.05) is 0 Å². The van der Waals surface area contributed by atoms with Crippen LogP contribution in [0.4, 0.5) is 4.79 Å². The van der Waals surface area contributed by atoms with Crippen LogP contribution in [0.3, 0.4) is 0 Å². The Morgan fingerprint density at radius 3 is 2.93 bits per heavy atom. The second-order valence-electron chi connectivity index (χ2n) is 3.11. The van der Waals surface area contributed by atoms with Gasteiger partial charge in [-0.25, -0.2) is 4.79 Å². The molecule has 1 rings (SSSR count). The fourth-order valence-electron chi connectivity index (χ4n) is 1.29. The predicted octanol–water partition coefficient (Wildman–Crippen LogP) is -2.08. The van der Waals surface area contributed by atoms with Gasteiger partial charge in [-0.05, 0) is 0 Å². The number of carbonyl (C=O) groups is 1. The van der Waals surface area contributed by atoms with E-state index in [9.17, 15) is 9.90 Å². The van der Waals surface area contributed by atoms with Crippen molar-refractivity contribution in [1.82, 2.24) is 15.6 Å². The molecular formula is C6H14BN4O3P. The lowest BCUT2D eigenvalue weighted by Crippen LogP contribution is -2.39. The number of rotatable bonds is 3. The van der Waals surface area contributed by atoms with Crippen LogP contribution in [0, 0.1) is 11.3 Å². The van der Waals surface area contributed by atoms with E-state index in [0.29, 0.717) is 13.1 Å². The molecule has 1 saturated heterocycles. The number of β-amino-alcohol motifs (C(OH)–C–C–N with tert-alkyl or cyclic N) is 1. The topological polar surface area (TPSA) is 106 Å². The second-order valence-corrected chi connectivity index (χ2v) is 4.02. The summed E-state index contributed by atoms with van der Waals surface area (Å²) in [6.07, 6.45) is -1.30. The molecule has 1 aliphatic heterocycles. The molecule has 3 atom stereocenters. The summed E-state index contributed by atoms with van der Waals surface area (Å²) in [5, 5.41) is 22.2. The van der Waals surface area contributed by atoms with Gasteiger partial charge >= 0.3 is 6.09 Å². The summed E-state index contributed by atoms with van der Waals surface area (Å²) in [5.41, 5.74) is 0. The first-order chi connectivity index (χ1) is 7.15. The van der Waals surface area contributed by atoms with E-state index in [1.807, 2.05) is 0 Å². The first-order valence-corrected chi connectivity index (χ1v) is 5.42. The van der Waals surface area contributed by atoms with E-state index in [4.69, 9.17) is 5.41 Å². The molecule has 84 valence electrons. The number of aliphatic hydroxyl groups excluding tert-OH is 1. The molecular weight excluding hydrogens is 218 g/mol. The number of hydrogen-bond acceptors (Lipinski definition) is 6. The van der Waals surface area contributed by atoms with Crippen LogP contribution in [-0.2, 0) is 4.52 Å². The zero-order valence-corrected chi connectivity index (χ0v) is 9.33. The molecule has 7 nitrogen and oxygen atoms in total. The lowest BCUT2D eigenvalue weighted by atomic mass is 10.1. The summed E-state index contributed by atoms with van der Waals surface area (Å²) in [7, 11) is 1.52. The molecule has 0 aromatic heterocycles. The van der Waals surface area contributed by atoms with Gasteiger partial charge in [-0.15, -0.1) is 0 Å². The van der Waals surface area contributed by atoms with Gasteiger partial charge in [0.15, 0.2) is 7.98 Å². The molecule has 0 bridgehead atoms. The Balaban J connectivity index is 2.31. The van der Waals surface area contributed by atoms with E-state index >= 15 is 0 Å². The van der Waals surface area contributed by atoms with Crippen molar-refractivity contribution in [3.8, 4) is 0 Å². The van der Waals surface area contributed by atoms with E-state index in [0.717, 1.165) is 0 Å². The zero-order chi connectivity index (χ0) is 11.3. The largest absolute Gasteiger partial charge is 0.416 e. The van der Waals surface area contributed by atoms with Crippen molar-refractivity contribution < 1.29 is 14.4 Å². The molecule has 0 spiro atoms. The third-order valence-electron chi connectivity index (χ3n) is 2.04. The molecule has 1 amide bonds. The Morgan fingerprint density at radius 1 is 1.67 bits per heavy atom. The van der Waals surface area contributed by atoms with Crippen molar-refractivity contribution in [2.75, 3.05) is 13.1 Å². The van der Waals surface area contributed by atoms with Crippen LogP contribution in [-0.4, -0.2) is 44.2 Å². The van der Waals surface area contributed by atoms with Crippen molar-refractivity contribution in [2.24, 2.45) is 5.92 Å². The average molecular weight is 232 g/mol. The smallest absolute Gasteiger partial charge is 0.416 e. The first kappa shape index (κ1) is 12.4. The highest BCUT2D eigenvalue weighted by Crippen LogP contribution is 2.10. The Kier molecular flexibility index (Phi) is 4.97. The van der Waals surface area contributed by atoms with E-state index in [2.05, 4.69) is 20.2 Å². The van der Waals surface area contributed by atoms with Gasteiger partial charge in [-0.3, -0.25) is 10.7 Å². The SMILES string of the molecule is BNPOC(=O)NC(=N)[C@H]1CNC[C@@H]1O. The number of amidine groups is 1. The molecule has 1 aliphatic rings. The minimum atomic E-state index is -0.674. The quantitative estimate of drug-likeness (QED) is 0.166. The van der Waals surface area contributed by atoms with Crippen molar-refractivity contribution in [3.63, 3.8) is 0 Å². The second kappa shape index (κ2) is 6.02. The van der Waals surface area contributed by atoms with Crippen LogP contribution in [0.5, 0.6) is 0 Å². The molecule has 0 radical (unpaired) electrons. The maximum Gasteiger partial charge on any atom is 0.416 e. The molecule has 9 heteroatoms. The van der Waals surface area contributed by atoms with Crippen molar-refractivity contribution >= 4 is 28.9 Å². The van der Waals surface area contributed by atoms with Crippen LogP contribution in [0.1, 0.15) is 0 Å². The van der Waals surface area contributed by atoms with Gasteiger partial charge in [0.1, 0.15) is 14.8 Å². The average Bonchev–Trinajstić information content (AvgIpc) is 2.61. The predicted molar refractivity (Wildman–Crippen MR) is 59.7 cm³/mol. The van der Waals surface area contributed by atoms with Crippen LogP contribution in [0.15, 0.2) is 0 Å². The molecule has 1 unspecified atom stereocenters. The standard InChI is InChI=1S/C6H14BN4O3P/c7-11-15-14-6(13)10-5(8)3-1-9-2-4(3)12/h3-4,9,11-12,15H,1-2,7H2,(H2,8,10,13)/t3-,4-/m0/s1. The van der Waals surface area contributed by atoms with E-state index in [-0.39, 0.29) is 20.7 Å². The molecule has 0 saturated carbocycles. The summed E-state index contributed by atoms with van der Waals surface area (Å²) in [6.45, 7) is 0.941.